The van der Waals surface area contributed by atoms with Gasteiger partial charge in [0.25, 0.3) is 5.69 Å². The van der Waals surface area contributed by atoms with Crippen LogP contribution in [-0.2, 0) is 12.2 Å². The lowest BCUT2D eigenvalue weighted by Crippen LogP contribution is -2.35. The molecule has 0 aliphatic rings. The number of para-hydroxylation sites is 1. The van der Waals surface area contributed by atoms with Gasteiger partial charge in [0.1, 0.15) is 5.82 Å². The molecule has 1 atom stereocenters. The molecule has 1 heterocycles. The van der Waals surface area contributed by atoms with Crippen molar-refractivity contribution in [1.82, 2.24) is 20.1 Å². The summed E-state index contributed by atoms with van der Waals surface area (Å²) >= 11 is 1.38. The van der Waals surface area contributed by atoms with Crippen LogP contribution in [0, 0.1) is 15.9 Å². The maximum Gasteiger partial charge on any atom is 0.319 e. The number of amides is 2. The van der Waals surface area contributed by atoms with Gasteiger partial charge in [0.2, 0.25) is 0 Å². The molecular formula is C30H25FN6O3S. The SMILES string of the molecule is O=C(Nc1ccccc1)NC(Cc1ccccc1)c1nnc(SCc2ccc(F)cc2)n1-c1ccc([N+](=O)[O-])cc1. The molecule has 0 aliphatic heterocycles. The topological polar surface area (TPSA) is 115 Å². The van der Waals surface area contributed by atoms with Crippen LogP contribution < -0.4 is 10.6 Å². The second-order valence-corrected chi connectivity index (χ2v) is 10.0. The fourth-order valence-corrected chi connectivity index (χ4v) is 5.11. The summed E-state index contributed by atoms with van der Waals surface area (Å²) in [5, 5.41) is 26.6. The number of hydrogen-bond acceptors (Lipinski definition) is 6. The average Bonchev–Trinajstić information content (AvgIpc) is 3.41. The van der Waals surface area contributed by atoms with Crippen LogP contribution in [0.2, 0.25) is 0 Å². The first-order chi connectivity index (χ1) is 20.0. The van der Waals surface area contributed by atoms with E-state index in [1.807, 2.05) is 48.5 Å². The van der Waals surface area contributed by atoms with Crippen LogP contribution >= 0.6 is 11.8 Å². The lowest BCUT2D eigenvalue weighted by molar-refractivity contribution is -0.384. The van der Waals surface area contributed by atoms with Crippen LogP contribution in [0.5, 0.6) is 0 Å². The fourth-order valence-electron chi connectivity index (χ4n) is 4.20. The van der Waals surface area contributed by atoms with Gasteiger partial charge in [-0.05, 0) is 47.5 Å². The summed E-state index contributed by atoms with van der Waals surface area (Å²) in [6.45, 7) is 0. The van der Waals surface area contributed by atoms with E-state index in [0.29, 0.717) is 34.5 Å². The normalized spacial score (nSPS) is 11.5. The lowest BCUT2D eigenvalue weighted by Gasteiger charge is -2.20. The molecule has 41 heavy (non-hydrogen) atoms. The summed E-state index contributed by atoms with van der Waals surface area (Å²) in [6, 6.07) is 30.0. The minimum absolute atomic E-state index is 0.0508. The Labute approximate surface area is 239 Å². The number of hydrogen-bond donors (Lipinski definition) is 2. The van der Waals surface area contributed by atoms with Gasteiger partial charge in [-0.2, -0.15) is 0 Å². The zero-order chi connectivity index (χ0) is 28.6. The first-order valence-corrected chi connectivity index (χ1v) is 13.7. The quantitative estimate of drug-likeness (QED) is 0.110. The molecule has 1 unspecified atom stereocenters. The molecule has 11 heteroatoms. The highest BCUT2D eigenvalue weighted by molar-refractivity contribution is 7.98. The summed E-state index contributed by atoms with van der Waals surface area (Å²) in [5.41, 5.74) is 3.04. The zero-order valence-corrected chi connectivity index (χ0v) is 22.5. The smallest absolute Gasteiger partial charge is 0.319 e. The number of non-ortho nitro benzene ring substituents is 1. The van der Waals surface area contributed by atoms with Crippen molar-refractivity contribution in [2.24, 2.45) is 0 Å². The Hall–Kier alpha value is -5.03. The van der Waals surface area contributed by atoms with Crippen molar-refractivity contribution in [2.75, 3.05) is 5.32 Å². The van der Waals surface area contributed by atoms with E-state index in [2.05, 4.69) is 20.8 Å². The van der Waals surface area contributed by atoms with Crippen molar-refractivity contribution in [1.29, 1.82) is 0 Å². The van der Waals surface area contributed by atoms with Crippen LogP contribution in [0.4, 0.5) is 20.6 Å². The summed E-state index contributed by atoms with van der Waals surface area (Å²) in [7, 11) is 0. The number of nitro benzene ring substituents is 1. The standard InChI is InChI=1S/C30H25FN6O3S/c31-23-13-11-22(12-14-23)20-41-30-35-34-28(36(30)25-15-17-26(18-16-25)37(39)40)27(19-21-7-3-1-4-8-21)33-29(38)32-24-9-5-2-6-10-24/h1-18,27H,19-20H2,(H2,32,33,38). The number of anilines is 1. The molecule has 5 rings (SSSR count). The lowest BCUT2D eigenvalue weighted by atomic mass is 10.1. The van der Waals surface area contributed by atoms with Crippen LogP contribution in [-0.4, -0.2) is 25.7 Å². The predicted molar refractivity (Wildman–Crippen MR) is 155 cm³/mol. The van der Waals surface area contributed by atoms with Crippen molar-refractivity contribution in [2.45, 2.75) is 23.4 Å². The molecular weight excluding hydrogens is 543 g/mol. The minimum Gasteiger partial charge on any atom is -0.327 e. The van der Waals surface area contributed by atoms with Crippen molar-refractivity contribution in [3.63, 3.8) is 0 Å². The Morgan fingerprint density at radius 1 is 0.878 bits per heavy atom. The molecule has 0 radical (unpaired) electrons. The molecule has 2 N–H and O–H groups in total. The number of aromatic nitrogens is 3. The van der Waals surface area contributed by atoms with Crippen molar-refractivity contribution >= 4 is 29.2 Å². The number of rotatable bonds is 10. The summed E-state index contributed by atoms with van der Waals surface area (Å²) in [6.07, 6.45) is 0.413. The molecule has 5 aromatic rings. The number of nitro groups is 1. The van der Waals surface area contributed by atoms with Gasteiger partial charge < -0.3 is 10.6 Å². The van der Waals surface area contributed by atoms with Gasteiger partial charge in [0.15, 0.2) is 11.0 Å². The van der Waals surface area contributed by atoms with E-state index in [4.69, 9.17) is 0 Å². The number of halogens is 1. The molecule has 0 bridgehead atoms. The zero-order valence-electron chi connectivity index (χ0n) is 21.7. The number of benzene rings is 4. The second-order valence-electron chi connectivity index (χ2n) is 9.07. The number of urea groups is 1. The molecule has 1 aromatic heterocycles. The monoisotopic (exact) mass is 568 g/mol. The van der Waals surface area contributed by atoms with Gasteiger partial charge in [-0.15, -0.1) is 10.2 Å². The Morgan fingerprint density at radius 3 is 2.20 bits per heavy atom. The number of nitrogens with one attached hydrogen (secondary N) is 2. The van der Waals surface area contributed by atoms with E-state index >= 15 is 0 Å². The van der Waals surface area contributed by atoms with Crippen LogP contribution in [0.15, 0.2) is 114 Å². The Kier molecular flexibility index (Phi) is 8.65. The van der Waals surface area contributed by atoms with E-state index in [1.54, 1.807) is 41.0 Å². The summed E-state index contributed by atoms with van der Waals surface area (Å²) < 4.78 is 15.2. The maximum atomic E-state index is 13.4. The van der Waals surface area contributed by atoms with Crippen LogP contribution in [0.25, 0.3) is 5.69 Å². The minimum atomic E-state index is -0.607. The summed E-state index contributed by atoms with van der Waals surface area (Å²) in [5.74, 6) is 0.614. The van der Waals surface area contributed by atoms with E-state index < -0.39 is 17.0 Å². The van der Waals surface area contributed by atoms with Gasteiger partial charge >= 0.3 is 6.03 Å². The van der Waals surface area contributed by atoms with Crippen molar-refractivity contribution in [3.8, 4) is 5.69 Å². The average molecular weight is 569 g/mol. The third kappa shape index (κ3) is 7.14. The highest BCUT2D eigenvalue weighted by Gasteiger charge is 2.25. The molecule has 2 amide bonds. The van der Waals surface area contributed by atoms with Gasteiger partial charge in [0.05, 0.1) is 11.0 Å². The van der Waals surface area contributed by atoms with E-state index in [-0.39, 0.29) is 11.5 Å². The predicted octanol–water partition coefficient (Wildman–Crippen LogP) is 6.71. The molecule has 0 aliphatic carbocycles. The van der Waals surface area contributed by atoms with Crippen LogP contribution in [0.1, 0.15) is 23.0 Å². The summed E-state index contributed by atoms with van der Waals surface area (Å²) in [4.78, 5) is 23.9. The highest BCUT2D eigenvalue weighted by Crippen LogP contribution is 2.30. The Balaban J connectivity index is 1.51. The molecule has 0 fully saturated rings. The van der Waals surface area contributed by atoms with Gasteiger partial charge in [0, 0.05) is 35.7 Å². The molecule has 0 spiro atoms. The third-order valence-corrected chi connectivity index (χ3v) is 7.19. The Morgan fingerprint density at radius 2 is 1.54 bits per heavy atom. The first-order valence-electron chi connectivity index (χ1n) is 12.7. The van der Waals surface area contributed by atoms with Gasteiger partial charge in [-0.3, -0.25) is 14.7 Å². The number of carbonyl (C=O) groups excluding carboxylic acids is 1. The highest BCUT2D eigenvalue weighted by atomic mass is 32.2. The van der Waals surface area contributed by atoms with Crippen LogP contribution in [0.3, 0.4) is 0 Å². The molecule has 9 nitrogen and oxygen atoms in total. The first kappa shape index (κ1) is 27.5. The molecule has 0 saturated heterocycles. The largest absolute Gasteiger partial charge is 0.327 e. The third-order valence-electron chi connectivity index (χ3n) is 6.19. The number of nitrogens with zero attached hydrogens (tertiary/aromatic N) is 4. The van der Waals surface area contributed by atoms with Gasteiger partial charge in [-0.1, -0.05) is 72.4 Å². The Bertz CT molecular complexity index is 1610. The number of carbonyl (C=O) groups is 1. The molecule has 4 aromatic carbocycles. The van der Waals surface area contributed by atoms with Crippen molar-refractivity contribution in [3.05, 3.63) is 142 Å². The number of thioether (sulfide) groups is 1. The fraction of sp³-hybridized carbons (Fsp3) is 0.100. The molecule has 0 saturated carbocycles. The van der Waals surface area contributed by atoms with Gasteiger partial charge in [-0.25, -0.2) is 9.18 Å². The van der Waals surface area contributed by atoms with E-state index in [9.17, 15) is 19.3 Å². The van der Waals surface area contributed by atoms with Crippen molar-refractivity contribution < 1.29 is 14.1 Å². The van der Waals surface area contributed by atoms with E-state index in [1.165, 1.54) is 36.0 Å². The second kappa shape index (κ2) is 12.9. The molecule has 206 valence electrons. The van der Waals surface area contributed by atoms with E-state index in [0.717, 1.165) is 11.1 Å². The maximum absolute atomic E-state index is 13.4.